The zero-order valence-corrected chi connectivity index (χ0v) is 16.6. The van der Waals surface area contributed by atoms with E-state index in [-0.39, 0.29) is 11.8 Å². The highest BCUT2D eigenvalue weighted by molar-refractivity contribution is 9.10. The Morgan fingerprint density at radius 3 is 2.33 bits per heavy atom. The summed E-state index contributed by atoms with van der Waals surface area (Å²) < 4.78 is 2.72. The van der Waals surface area contributed by atoms with Crippen LogP contribution in [0, 0.1) is 6.92 Å². The molecule has 0 unspecified atom stereocenters. The average Bonchev–Trinajstić information content (AvgIpc) is 3.08. The third kappa shape index (κ3) is 4.25. The van der Waals surface area contributed by atoms with Crippen LogP contribution in [-0.2, 0) is 6.54 Å². The predicted octanol–water partition coefficient (Wildman–Crippen LogP) is 3.23. The fourth-order valence-electron chi connectivity index (χ4n) is 2.67. The third-order valence-electron chi connectivity index (χ3n) is 4.22. The van der Waals surface area contributed by atoms with Gasteiger partial charge in [0.25, 0.3) is 11.8 Å². The summed E-state index contributed by atoms with van der Waals surface area (Å²) in [5, 5.41) is 9.80. The minimum absolute atomic E-state index is 0.137. The highest BCUT2D eigenvalue weighted by atomic mass is 79.9. The second-order valence-electron chi connectivity index (χ2n) is 5.99. The van der Waals surface area contributed by atoms with Crippen LogP contribution in [0.15, 0.2) is 59.2 Å². The lowest BCUT2D eigenvalue weighted by molar-refractivity contribution is 0.0945. The molecule has 0 bridgehead atoms. The summed E-state index contributed by atoms with van der Waals surface area (Å²) in [6.07, 6.45) is 1.57. The molecule has 2 N–H and O–H groups in total. The van der Waals surface area contributed by atoms with Crippen molar-refractivity contribution in [3.05, 3.63) is 81.6 Å². The first-order valence-electron chi connectivity index (χ1n) is 8.39. The maximum atomic E-state index is 12.5. The normalized spacial score (nSPS) is 10.5. The Hall–Kier alpha value is -2.93. The second-order valence-corrected chi connectivity index (χ2v) is 6.91. The highest BCUT2D eigenvalue weighted by Gasteiger charge is 2.15. The van der Waals surface area contributed by atoms with Crippen molar-refractivity contribution in [2.24, 2.45) is 0 Å². The van der Waals surface area contributed by atoms with Crippen molar-refractivity contribution in [1.29, 1.82) is 0 Å². The van der Waals surface area contributed by atoms with Gasteiger partial charge in [0.1, 0.15) is 0 Å². The first-order chi connectivity index (χ1) is 13.0. The Bertz CT molecular complexity index is 963. The Kier molecular flexibility index (Phi) is 5.71. The third-order valence-corrected chi connectivity index (χ3v) is 4.75. The Morgan fingerprint density at radius 1 is 1.04 bits per heavy atom. The van der Waals surface area contributed by atoms with Gasteiger partial charge < -0.3 is 10.6 Å². The first kappa shape index (κ1) is 18.8. The van der Waals surface area contributed by atoms with Crippen LogP contribution in [0.5, 0.6) is 0 Å². The molecule has 0 radical (unpaired) electrons. The lowest BCUT2D eigenvalue weighted by atomic mass is 10.1. The molecule has 0 spiro atoms. The Balaban J connectivity index is 1.68. The van der Waals surface area contributed by atoms with Crippen LogP contribution in [0.2, 0.25) is 0 Å². The van der Waals surface area contributed by atoms with Gasteiger partial charge >= 0.3 is 0 Å². The van der Waals surface area contributed by atoms with E-state index < -0.39 is 0 Å². The van der Waals surface area contributed by atoms with Gasteiger partial charge in [0.2, 0.25) is 0 Å². The van der Waals surface area contributed by atoms with Gasteiger partial charge in [0.15, 0.2) is 0 Å². The zero-order chi connectivity index (χ0) is 19.4. The van der Waals surface area contributed by atoms with Gasteiger partial charge in [-0.2, -0.15) is 5.10 Å². The summed E-state index contributed by atoms with van der Waals surface area (Å²) in [5.41, 5.74) is 3.68. The molecule has 0 aliphatic heterocycles. The van der Waals surface area contributed by atoms with Crippen molar-refractivity contribution in [2.45, 2.75) is 13.5 Å². The number of rotatable bonds is 5. The number of carbonyl (C=O) groups is 2. The van der Waals surface area contributed by atoms with Crippen LogP contribution in [0.3, 0.4) is 0 Å². The summed E-state index contributed by atoms with van der Waals surface area (Å²) in [5.74, 6) is -0.326. The molecule has 2 aromatic carbocycles. The minimum Gasteiger partial charge on any atom is -0.355 e. The van der Waals surface area contributed by atoms with Crippen molar-refractivity contribution in [3.8, 4) is 5.69 Å². The van der Waals surface area contributed by atoms with E-state index in [0.717, 1.165) is 21.4 Å². The average molecular weight is 427 g/mol. The van der Waals surface area contributed by atoms with E-state index in [1.165, 1.54) is 0 Å². The largest absolute Gasteiger partial charge is 0.355 e. The van der Waals surface area contributed by atoms with Gasteiger partial charge in [-0.1, -0.05) is 28.1 Å². The number of benzene rings is 2. The van der Waals surface area contributed by atoms with Gasteiger partial charge in [-0.15, -0.1) is 0 Å². The lowest BCUT2D eigenvalue weighted by Gasteiger charge is -2.07. The van der Waals surface area contributed by atoms with E-state index in [4.69, 9.17) is 0 Å². The van der Waals surface area contributed by atoms with E-state index in [2.05, 4.69) is 31.7 Å². The number of nitrogens with zero attached hydrogens (tertiary/aromatic N) is 2. The molecule has 7 heteroatoms. The number of halogens is 1. The molecule has 0 atom stereocenters. The van der Waals surface area contributed by atoms with Gasteiger partial charge in [-0.25, -0.2) is 4.68 Å². The Labute approximate surface area is 165 Å². The van der Waals surface area contributed by atoms with E-state index in [9.17, 15) is 9.59 Å². The molecule has 0 saturated carbocycles. The summed E-state index contributed by atoms with van der Waals surface area (Å²) in [4.78, 5) is 24.1. The maximum absolute atomic E-state index is 12.5. The molecule has 1 heterocycles. The lowest BCUT2D eigenvalue weighted by Crippen LogP contribution is -2.23. The highest BCUT2D eigenvalue weighted by Crippen LogP contribution is 2.17. The van der Waals surface area contributed by atoms with Crippen LogP contribution in [-0.4, -0.2) is 28.6 Å². The van der Waals surface area contributed by atoms with Gasteiger partial charge in [0, 0.05) is 23.6 Å². The zero-order valence-electron chi connectivity index (χ0n) is 15.0. The molecular weight excluding hydrogens is 408 g/mol. The fraction of sp³-hybridized carbons (Fsp3) is 0.150. The molecule has 0 fully saturated rings. The molecule has 0 aliphatic rings. The van der Waals surface area contributed by atoms with Gasteiger partial charge in [0.05, 0.1) is 23.1 Å². The predicted molar refractivity (Wildman–Crippen MR) is 107 cm³/mol. The number of aromatic nitrogens is 2. The number of hydrogen-bond donors (Lipinski definition) is 2. The van der Waals surface area contributed by atoms with Crippen LogP contribution < -0.4 is 10.6 Å². The summed E-state index contributed by atoms with van der Waals surface area (Å²) in [7, 11) is 1.59. The maximum Gasteiger partial charge on any atom is 0.255 e. The van der Waals surface area contributed by atoms with Gasteiger partial charge in [-0.05, 0) is 48.9 Å². The topological polar surface area (TPSA) is 76.0 Å². The molecular formula is C20H19BrN4O2. The van der Waals surface area contributed by atoms with Crippen LogP contribution in [0.4, 0.5) is 0 Å². The molecule has 1 aromatic heterocycles. The van der Waals surface area contributed by atoms with Crippen molar-refractivity contribution in [2.75, 3.05) is 7.05 Å². The quantitative estimate of drug-likeness (QED) is 0.657. The Morgan fingerprint density at radius 2 is 1.70 bits per heavy atom. The molecule has 3 aromatic rings. The van der Waals surface area contributed by atoms with Crippen molar-refractivity contribution < 1.29 is 9.59 Å². The molecule has 3 rings (SSSR count). The van der Waals surface area contributed by atoms with E-state index in [1.807, 2.05) is 43.3 Å². The minimum atomic E-state index is -0.189. The monoisotopic (exact) mass is 426 g/mol. The number of carbonyl (C=O) groups excluding carboxylic acids is 2. The smallest absolute Gasteiger partial charge is 0.255 e. The molecule has 138 valence electrons. The number of amides is 2. The standard InChI is InChI=1S/C20H19BrN4O2/c1-13-18(12-24-25(13)17-9-7-16(21)8-10-17)20(27)23-11-14-3-5-15(6-4-14)19(26)22-2/h3-10,12H,11H2,1-2H3,(H,22,26)(H,23,27). The molecule has 0 saturated heterocycles. The van der Waals surface area contributed by atoms with Crippen molar-refractivity contribution in [3.63, 3.8) is 0 Å². The molecule has 27 heavy (non-hydrogen) atoms. The van der Waals surface area contributed by atoms with Gasteiger partial charge in [-0.3, -0.25) is 9.59 Å². The fourth-order valence-corrected chi connectivity index (χ4v) is 2.94. The summed E-state index contributed by atoms with van der Waals surface area (Å²) in [6, 6.07) is 14.8. The van der Waals surface area contributed by atoms with Crippen LogP contribution in [0.1, 0.15) is 32.0 Å². The molecule has 2 amide bonds. The number of hydrogen-bond acceptors (Lipinski definition) is 3. The summed E-state index contributed by atoms with van der Waals surface area (Å²) >= 11 is 3.41. The summed E-state index contributed by atoms with van der Waals surface area (Å²) in [6.45, 7) is 2.23. The van der Waals surface area contributed by atoms with Crippen LogP contribution in [0.25, 0.3) is 5.69 Å². The van der Waals surface area contributed by atoms with Crippen LogP contribution >= 0.6 is 15.9 Å². The van der Waals surface area contributed by atoms with Crippen molar-refractivity contribution >= 4 is 27.7 Å². The van der Waals surface area contributed by atoms with Crippen molar-refractivity contribution in [1.82, 2.24) is 20.4 Å². The SMILES string of the molecule is CNC(=O)c1ccc(CNC(=O)c2cnn(-c3ccc(Br)cc3)c2C)cc1. The van der Waals surface area contributed by atoms with E-state index >= 15 is 0 Å². The number of nitrogens with one attached hydrogen (secondary N) is 2. The van der Waals surface area contributed by atoms with E-state index in [0.29, 0.717) is 17.7 Å². The molecule has 6 nitrogen and oxygen atoms in total. The first-order valence-corrected chi connectivity index (χ1v) is 9.18. The van der Waals surface area contributed by atoms with E-state index in [1.54, 1.807) is 30.1 Å². The molecule has 0 aliphatic carbocycles. The second kappa shape index (κ2) is 8.18.